The first-order valence-corrected chi connectivity index (χ1v) is 13.1. The molecule has 0 spiro atoms. The van der Waals surface area contributed by atoms with Crippen LogP contribution in [0.25, 0.3) is 0 Å². The molecule has 4 aliphatic carbocycles. The molecular weight excluding hydrogens is 412 g/mol. The molecule has 1 aromatic heterocycles. The molecule has 8 unspecified atom stereocenters. The largest absolute Gasteiger partial charge is 0.381 e. The second kappa shape index (κ2) is 9.33. The Hall–Kier alpha value is -2.00. The van der Waals surface area contributed by atoms with E-state index in [-0.39, 0.29) is 23.1 Å². The number of carbonyl (C=O) groups excluding carboxylic acids is 1. The summed E-state index contributed by atoms with van der Waals surface area (Å²) in [6, 6.07) is 1.92. The van der Waals surface area contributed by atoms with Gasteiger partial charge in [-0.25, -0.2) is 9.97 Å². The topological polar surface area (TPSA) is 87.9 Å². The highest BCUT2D eigenvalue weighted by molar-refractivity contribution is 5.93. The fraction of sp³-hybridized carbons (Fsp3) is 0.778. The average Bonchev–Trinajstić information content (AvgIpc) is 3.20. The van der Waals surface area contributed by atoms with E-state index in [1.807, 2.05) is 6.07 Å². The van der Waals surface area contributed by atoms with Gasteiger partial charge in [-0.1, -0.05) is 6.92 Å². The summed E-state index contributed by atoms with van der Waals surface area (Å²) in [5.41, 5.74) is 0.682. The van der Waals surface area contributed by atoms with Gasteiger partial charge >= 0.3 is 0 Å². The van der Waals surface area contributed by atoms with Crippen LogP contribution in [-0.2, 0) is 9.53 Å². The smallest absolute Gasteiger partial charge is 0.232 e. The number of amides is 1. The summed E-state index contributed by atoms with van der Waals surface area (Å²) in [6.45, 7) is 6.28. The van der Waals surface area contributed by atoms with E-state index < -0.39 is 0 Å². The molecule has 6 heteroatoms. The Labute approximate surface area is 197 Å². The minimum atomic E-state index is 0.0544. The fourth-order valence-electron chi connectivity index (χ4n) is 8.50. The van der Waals surface area contributed by atoms with Crippen LogP contribution in [0, 0.1) is 58.2 Å². The van der Waals surface area contributed by atoms with Crippen molar-refractivity contribution in [2.24, 2.45) is 46.8 Å². The van der Waals surface area contributed by atoms with Gasteiger partial charge in [0.15, 0.2) is 0 Å². The summed E-state index contributed by atoms with van der Waals surface area (Å²) in [7, 11) is 0. The molecule has 4 saturated carbocycles. The summed E-state index contributed by atoms with van der Waals surface area (Å²) in [5.74, 6) is 5.18. The van der Waals surface area contributed by atoms with Gasteiger partial charge in [-0.05, 0) is 106 Å². The lowest BCUT2D eigenvalue weighted by Gasteiger charge is -2.56. The highest BCUT2D eigenvalue weighted by Gasteiger charge is 2.58. The van der Waals surface area contributed by atoms with Gasteiger partial charge in [0.1, 0.15) is 6.07 Å². The number of nitrogens with one attached hydrogen (secondary N) is 1. The molecule has 6 nitrogen and oxygen atoms in total. The van der Waals surface area contributed by atoms with Gasteiger partial charge in [-0.3, -0.25) is 4.79 Å². The van der Waals surface area contributed by atoms with Crippen LogP contribution in [0.1, 0.15) is 77.5 Å². The number of fused-ring (bicyclic) bond motifs is 5. The molecule has 33 heavy (non-hydrogen) atoms. The van der Waals surface area contributed by atoms with Crippen molar-refractivity contribution in [2.75, 3.05) is 18.5 Å². The molecule has 1 amide bonds. The van der Waals surface area contributed by atoms with E-state index in [1.165, 1.54) is 63.8 Å². The molecule has 0 radical (unpaired) electrons. The number of ether oxygens (including phenoxy) is 1. The number of carbonyl (C=O) groups is 1. The van der Waals surface area contributed by atoms with Crippen molar-refractivity contribution < 1.29 is 9.53 Å². The van der Waals surface area contributed by atoms with E-state index in [4.69, 9.17) is 10.00 Å². The van der Waals surface area contributed by atoms with Crippen LogP contribution in [0.3, 0.4) is 0 Å². The molecule has 178 valence electrons. The summed E-state index contributed by atoms with van der Waals surface area (Å²) in [6.07, 6.45) is 14.5. The van der Waals surface area contributed by atoms with Crippen LogP contribution in [0.4, 0.5) is 5.69 Å². The molecule has 4 fully saturated rings. The van der Waals surface area contributed by atoms with Crippen LogP contribution in [0.5, 0.6) is 0 Å². The molecule has 8 atom stereocenters. The molecule has 4 aliphatic rings. The molecule has 0 aliphatic heterocycles. The molecule has 0 bridgehead atoms. The third-order valence-corrected chi connectivity index (χ3v) is 9.96. The lowest BCUT2D eigenvalue weighted by Crippen LogP contribution is -2.50. The minimum Gasteiger partial charge on any atom is -0.381 e. The maximum absolute atomic E-state index is 13.3. The van der Waals surface area contributed by atoms with Gasteiger partial charge in [0, 0.05) is 19.1 Å². The number of aromatic nitrogens is 2. The van der Waals surface area contributed by atoms with E-state index in [1.54, 1.807) is 0 Å². The molecule has 0 saturated heterocycles. The Morgan fingerprint density at radius 3 is 2.67 bits per heavy atom. The van der Waals surface area contributed by atoms with Crippen molar-refractivity contribution in [3.8, 4) is 6.07 Å². The van der Waals surface area contributed by atoms with E-state index in [9.17, 15) is 4.79 Å². The molecule has 1 aromatic rings. The summed E-state index contributed by atoms with van der Waals surface area (Å²) >= 11 is 0. The van der Waals surface area contributed by atoms with Crippen LogP contribution < -0.4 is 5.32 Å². The van der Waals surface area contributed by atoms with E-state index in [0.717, 1.165) is 49.2 Å². The van der Waals surface area contributed by atoms with Crippen LogP contribution >= 0.6 is 0 Å². The summed E-state index contributed by atoms with van der Waals surface area (Å²) < 4.78 is 5.76. The van der Waals surface area contributed by atoms with Crippen LogP contribution in [-0.4, -0.2) is 29.1 Å². The second-order valence-electron chi connectivity index (χ2n) is 11.3. The van der Waals surface area contributed by atoms with Gasteiger partial charge in [0.25, 0.3) is 0 Å². The molecule has 1 heterocycles. The Kier molecular flexibility index (Phi) is 6.44. The second-order valence-corrected chi connectivity index (χ2v) is 11.3. The molecular formula is C27H38N4O2. The normalized spacial score (nSPS) is 39.6. The van der Waals surface area contributed by atoms with Crippen molar-refractivity contribution in [3.63, 3.8) is 0 Å². The van der Waals surface area contributed by atoms with E-state index in [2.05, 4.69) is 29.1 Å². The zero-order valence-electron chi connectivity index (χ0n) is 20.1. The summed E-state index contributed by atoms with van der Waals surface area (Å²) in [4.78, 5) is 21.3. The third kappa shape index (κ3) is 4.18. The number of anilines is 1. The number of hydrogen-bond donors (Lipinski definition) is 1. The van der Waals surface area contributed by atoms with Crippen molar-refractivity contribution in [1.29, 1.82) is 5.26 Å². The Morgan fingerprint density at radius 1 is 1.12 bits per heavy atom. The van der Waals surface area contributed by atoms with Crippen LogP contribution in [0.15, 0.2) is 12.4 Å². The molecule has 0 aromatic carbocycles. The zero-order chi connectivity index (χ0) is 23.0. The maximum atomic E-state index is 13.3. The number of rotatable bonds is 5. The standard InChI is InChI=1S/C27H38N4O2/c1-3-33-16-17-4-6-20-18(12-17)5-7-22-21(20)10-11-27(2)23(22)8-9-24(27)26(32)31-19-14-29-25(13-28)30-15-19/h14-15,17-18,20-24H,3-12,16H2,1-2H3,(H,31,32). The van der Waals surface area contributed by atoms with Gasteiger partial charge in [0.05, 0.1) is 18.1 Å². The zero-order valence-corrected chi connectivity index (χ0v) is 20.1. The first kappa shape index (κ1) is 22.8. The first-order chi connectivity index (χ1) is 16.0. The predicted molar refractivity (Wildman–Crippen MR) is 126 cm³/mol. The number of nitriles is 1. The van der Waals surface area contributed by atoms with Crippen molar-refractivity contribution in [3.05, 3.63) is 18.2 Å². The number of nitrogens with zero attached hydrogens (tertiary/aromatic N) is 3. The molecule has 1 N–H and O–H groups in total. The van der Waals surface area contributed by atoms with E-state index in [0.29, 0.717) is 11.6 Å². The number of hydrogen-bond acceptors (Lipinski definition) is 5. The fourth-order valence-corrected chi connectivity index (χ4v) is 8.50. The average molecular weight is 451 g/mol. The lowest BCUT2D eigenvalue weighted by atomic mass is 9.49. The SMILES string of the molecule is CCOCC1CCC2C(CCC3C2CCC2(C)C(C(=O)Nc4cnc(C#N)nc4)CCC32)C1. The van der Waals surface area contributed by atoms with Crippen molar-refractivity contribution in [1.82, 2.24) is 9.97 Å². The monoisotopic (exact) mass is 450 g/mol. The van der Waals surface area contributed by atoms with E-state index >= 15 is 0 Å². The summed E-state index contributed by atoms with van der Waals surface area (Å²) in [5, 5.41) is 11.9. The third-order valence-electron chi connectivity index (χ3n) is 9.96. The molecule has 5 rings (SSSR count). The van der Waals surface area contributed by atoms with Crippen LogP contribution in [0.2, 0.25) is 0 Å². The predicted octanol–water partition coefficient (Wildman–Crippen LogP) is 5.21. The Bertz CT molecular complexity index is 896. The van der Waals surface area contributed by atoms with Gasteiger partial charge in [-0.2, -0.15) is 5.26 Å². The Morgan fingerprint density at radius 2 is 1.91 bits per heavy atom. The van der Waals surface area contributed by atoms with Crippen molar-refractivity contribution >= 4 is 11.6 Å². The lowest BCUT2D eigenvalue weighted by molar-refractivity contribution is -0.127. The highest BCUT2D eigenvalue weighted by Crippen LogP contribution is 2.64. The first-order valence-electron chi connectivity index (χ1n) is 13.1. The highest BCUT2D eigenvalue weighted by atomic mass is 16.5. The van der Waals surface area contributed by atoms with Gasteiger partial charge in [-0.15, -0.1) is 0 Å². The Balaban J connectivity index is 1.24. The minimum absolute atomic E-state index is 0.0544. The quantitative estimate of drug-likeness (QED) is 0.665. The van der Waals surface area contributed by atoms with Crippen molar-refractivity contribution in [2.45, 2.75) is 71.6 Å². The van der Waals surface area contributed by atoms with Gasteiger partial charge in [0.2, 0.25) is 11.7 Å². The van der Waals surface area contributed by atoms with Gasteiger partial charge < -0.3 is 10.1 Å². The maximum Gasteiger partial charge on any atom is 0.232 e.